The number of benzene rings is 1. The van der Waals surface area contributed by atoms with Gasteiger partial charge < -0.3 is 15.9 Å². The van der Waals surface area contributed by atoms with Crippen LogP contribution in [0.4, 0.5) is 4.39 Å². The van der Waals surface area contributed by atoms with Gasteiger partial charge in [-0.2, -0.15) is 0 Å². The summed E-state index contributed by atoms with van der Waals surface area (Å²) in [5.74, 6) is -4.51. The normalized spacial score (nSPS) is 36.0. The summed E-state index contributed by atoms with van der Waals surface area (Å²) in [5, 5.41) is 18.6. The highest BCUT2D eigenvalue weighted by molar-refractivity contribution is 6.30. The van der Waals surface area contributed by atoms with Gasteiger partial charge in [-0.15, -0.1) is 0 Å². The molecule has 1 aromatic rings. The number of aliphatic carboxylic acids is 2. The fourth-order valence-electron chi connectivity index (χ4n) is 3.97. The monoisotopic (exact) mass is 327 g/mol. The number of fused-ring (bicyclic) bond motifs is 1. The lowest BCUT2D eigenvalue weighted by Crippen LogP contribution is -2.55. The van der Waals surface area contributed by atoms with Crippen LogP contribution in [0.1, 0.15) is 12.0 Å². The third-order valence-electron chi connectivity index (χ3n) is 5.07. The van der Waals surface area contributed by atoms with E-state index in [1.54, 1.807) is 6.07 Å². The molecule has 2 aliphatic rings. The first kappa shape index (κ1) is 15.2. The van der Waals surface area contributed by atoms with Crippen LogP contribution < -0.4 is 5.73 Å². The average Bonchev–Trinajstić information content (AvgIpc) is 3.08. The lowest BCUT2D eigenvalue weighted by Gasteiger charge is -2.31. The smallest absolute Gasteiger partial charge is 0.324 e. The van der Waals surface area contributed by atoms with Crippen molar-refractivity contribution in [1.29, 1.82) is 0 Å². The first-order chi connectivity index (χ1) is 10.3. The molecular formula is C15H15ClFNO4. The molecule has 1 aromatic carbocycles. The van der Waals surface area contributed by atoms with E-state index in [-0.39, 0.29) is 10.9 Å². The van der Waals surface area contributed by atoms with Crippen molar-refractivity contribution >= 4 is 23.5 Å². The molecule has 4 N–H and O–H groups in total. The van der Waals surface area contributed by atoms with Gasteiger partial charge in [-0.3, -0.25) is 9.59 Å². The Kier molecular flexibility index (Phi) is 3.41. The number of carboxylic acid groups (broad SMARTS) is 2. The first-order valence-corrected chi connectivity index (χ1v) is 7.33. The predicted molar refractivity (Wildman–Crippen MR) is 75.9 cm³/mol. The molecule has 5 atom stereocenters. The predicted octanol–water partition coefficient (Wildman–Crippen LogP) is 1.77. The molecule has 0 heterocycles. The molecule has 2 fully saturated rings. The third-order valence-corrected chi connectivity index (χ3v) is 5.36. The van der Waals surface area contributed by atoms with Gasteiger partial charge in [0.25, 0.3) is 0 Å². The number of hydrogen-bond donors (Lipinski definition) is 3. The van der Waals surface area contributed by atoms with Crippen molar-refractivity contribution in [3.63, 3.8) is 0 Å². The maximum Gasteiger partial charge on any atom is 0.324 e. The molecule has 0 aromatic heterocycles. The number of halogens is 2. The first-order valence-electron chi connectivity index (χ1n) is 6.95. The summed E-state index contributed by atoms with van der Waals surface area (Å²) in [5.41, 5.74) is 5.24. The van der Waals surface area contributed by atoms with Crippen molar-refractivity contribution in [3.8, 4) is 0 Å². The molecule has 7 heteroatoms. The molecule has 22 heavy (non-hydrogen) atoms. The van der Waals surface area contributed by atoms with Gasteiger partial charge in [-0.1, -0.05) is 17.7 Å². The van der Waals surface area contributed by atoms with E-state index in [1.807, 2.05) is 0 Å². The summed E-state index contributed by atoms with van der Waals surface area (Å²) in [6.07, 6.45) is 0.779. The zero-order chi connectivity index (χ0) is 16.2. The lowest BCUT2D eigenvalue weighted by atomic mass is 9.78. The second kappa shape index (κ2) is 4.93. The second-order valence-electron chi connectivity index (χ2n) is 6.18. The van der Waals surface area contributed by atoms with Crippen molar-refractivity contribution in [2.24, 2.45) is 29.4 Å². The van der Waals surface area contributed by atoms with Crippen LogP contribution in [0.15, 0.2) is 18.2 Å². The van der Waals surface area contributed by atoms with Crippen molar-refractivity contribution in [3.05, 3.63) is 34.6 Å². The van der Waals surface area contributed by atoms with Gasteiger partial charge in [-0.05, 0) is 42.4 Å². The van der Waals surface area contributed by atoms with Gasteiger partial charge in [0.1, 0.15) is 11.4 Å². The van der Waals surface area contributed by atoms with E-state index in [9.17, 15) is 19.1 Å². The topological polar surface area (TPSA) is 101 Å². The van der Waals surface area contributed by atoms with E-state index in [0.29, 0.717) is 18.4 Å². The fourth-order valence-corrected chi connectivity index (χ4v) is 4.17. The molecule has 4 unspecified atom stereocenters. The maximum absolute atomic E-state index is 13.2. The Morgan fingerprint density at radius 1 is 1.41 bits per heavy atom. The summed E-state index contributed by atoms with van der Waals surface area (Å²) in [7, 11) is 0. The van der Waals surface area contributed by atoms with Gasteiger partial charge >= 0.3 is 11.9 Å². The second-order valence-corrected chi connectivity index (χ2v) is 6.58. The minimum atomic E-state index is -1.56. The van der Waals surface area contributed by atoms with Gasteiger partial charge in [0.15, 0.2) is 0 Å². The molecule has 0 radical (unpaired) electrons. The van der Waals surface area contributed by atoms with Gasteiger partial charge in [0.2, 0.25) is 0 Å². The number of carboxylic acids is 2. The molecule has 0 amide bonds. The highest BCUT2D eigenvalue weighted by Gasteiger charge is 2.73. The Hall–Kier alpha value is -1.66. The Balaban J connectivity index is 1.84. The van der Waals surface area contributed by atoms with Crippen LogP contribution in [0.25, 0.3) is 0 Å². The molecule has 0 bridgehead atoms. The summed E-state index contributed by atoms with van der Waals surface area (Å²) < 4.78 is 13.2. The summed E-state index contributed by atoms with van der Waals surface area (Å²) >= 11 is 5.73. The standard InChI is InChI=1S/C15H15ClFNO4/c16-9-4-6(1-2-10(9)17)3-7-5-8-11(13(19)20)12(8)15(7,18)14(21)22/h1-2,4,7-8,11-12H,3,5,18H2,(H,19,20)(H,21,22)/t7?,8?,11-,12?,15?/m0/s1. The van der Waals surface area contributed by atoms with E-state index in [4.69, 9.17) is 22.4 Å². The number of rotatable bonds is 4. The molecule has 0 spiro atoms. The van der Waals surface area contributed by atoms with Crippen LogP contribution in [0, 0.1) is 29.5 Å². The number of carbonyl (C=O) groups is 2. The Bertz CT molecular complexity index is 667. The third kappa shape index (κ3) is 2.09. The Morgan fingerprint density at radius 2 is 2.09 bits per heavy atom. The summed E-state index contributed by atoms with van der Waals surface area (Å²) in [6.45, 7) is 0. The zero-order valence-electron chi connectivity index (χ0n) is 11.5. The maximum atomic E-state index is 13.2. The molecule has 0 saturated heterocycles. The van der Waals surface area contributed by atoms with Crippen molar-refractivity contribution in [2.45, 2.75) is 18.4 Å². The SMILES string of the molecule is NC1(C(=O)O)C(Cc2ccc(F)c(Cl)c2)CC2C1[C@H]2C(=O)O. The van der Waals surface area contributed by atoms with Crippen LogP contribution in [0.2, 0.25) is 5.02 Å². The quantitative estimate of drug-likeness (QED) is 0.782. The van der Waals surface area contributed by atoms with E-state index >= 15 is 0 Å². The van der Waals surface area contributed by atoms with Crippen molar-refractivity contribution in [2.75, 3.05) is 0 Å². The minimum absolute atomic E-state index is 0.0259. The van der Waals surface area contributed by atoms with Crippen LogP contribution in [0.5, 0.6) is 0 Å². The Labute approximate surface area is 130 Å². The highest BCUT2D eigenvalue weighted by Crippen LogP contribution is 2.64. The van der Waals surface area contributed by atoms with Gasteiger partial charge in [-0.25, -0.2) is 4.39 Å². The largest absolute Gasteiger partial charge is 0.481 e. The van der Waals surface area contributed by atoms with Crippen molar-refractivity contribution < 1.29 is 24.2 Å². The van der Waals surface area contributed by atoms with Crippen LogP contribution in [-0.4, -0.2) is 27.7 Å². The lowest BCUT2D eigenvalue weighted by molar-refractivity contribution is -0.147. The summed E-state index contributed by atoms with van der Waals surface area (Å²) in [4.78, 5) is 22.8. The average molecular weight is 328 g/mol. The van der Waals surface area contributed by atoms with Crippen molar-refractivity contribution in [1.82, 2.24) is 0 Å². The number of nitrogens with two attached hydrogens (primary N) is 1. The molecule has 5 nitrogen and oxygen atoms in total. The minimum Gasteiger partial charge on any atom is -0.481 e. The van der Waals surface area contributed by atoms with Crippen LogP contribution >= 0.6 is 11.6 Å². The van der Waals surface area contributed by atoms with E-state index in [1.165, 1.54) is 12.1 Å². The summed E-state index contributed by atoms with van der Waals surface area (Å²) in [6, 6.07) is 4.23. The zero-order valence-corrected chi connectivity index (χ0v) is 12.3. The molecule has 3 rings (SSSR count). The number of hydrogen-bond acceptors (Lipinski definition) is 3. The fraction of sp³-hybridized carbons (Fsp3) is 0.467. The molecule has 118 valence electrons. The van der Waals surface area contributed by atoms with Gasteiger partial charge in [0.05, 0.1) is 10.9 Å². The van der Waals surface area contributed by atoms with Gasteiger partial charge in [0, 0.05) is 5.92 Å². The molecule has 2 saturated carbocycles. The molecule has 2 aliphatic carbocycles. The van der Waals surface area contributed by atoms with E-state index < -0.39 is 41.0 Å². The molecule has 0 aliphatic heterocycles. The molecular weight excluding hydrogens is 313 g/mol. The Morgan fingerprint density at radius 3 is 2.64 bits per heavy atom. The van der Waals surface area contributed by atoms with E-state index in [0.717, 1.165) is 0 Å². The van der Waals surface area contributed by atoms with Crippen LogP contribution in [-0.2, 0) is 16.0 Å². The highest BCUT2D eigenvalue weighted by atomic mass is 35.5. The van der Waals surface area contributed by atoms with E-state index in [2.05, 4.69) is 0 Å². The van der Waals surface area contributed by atoms with Crippen LogP contribution in [0.3, 0.4) is 0 Å².